The Kier molecular flexibility index (Phi) is 23.1. The summed E-state index contributed by atoms with van der Waals surface area (Å²) in [4.78, 5) is 94.3. The van der Waals surface area contributed by atoms with Crippen LogP contribution in [0.3, 0.4) is 0 Å². The summed E-state index contributed by atoms with van der Waals surface area (Å²) in [5, 5.41) is 23.5. The molecule has 0 aromatic heterocycles. The quantitative estimate of drug-likeness (QED) is 0.0198. The number of aliphatic carboxylic acids is 1. The van der Waals surface area contributed by atoms with Gasteiger partial charge in [-0.1, -0.05) is 91.0 Å². The van der Waals surface area contributed by atoms with Crippen molar-refractivity contribution < 1.29 is 33.9 Å². The van der Waals surface area contributed by atoms with Crippen molar-refractivity contribution in [1.29, 1.82) is 0 Å². The highest BCUT2D eigenvalue weighted by atomic mass is 16.4. The van der Waals surface area contributed by atoms with Crippen LogP contribution in [0.15, 0.2) is 106 Å². The monoisotopic (exact) mass is 928 g/mol. The molecule has 0 spiro atoms. The lowest BCUT2D eigenvalue weighted by Gasteiger charge is -2.27. The first-order chi connectivity index (χ1) is 32.0. The molecule has 0 heterocycles. The maximum Gasteiger partial charge on any atom is 0.326 e. The zero-order chi connectivity index (χ0) is 49.1. The first-order valence-electron chi connectivity index (χ1n) is 21.8. The SMILES string of the molecule is NC(N)=NCCC[C@H](NC(=O)[C@H](Cc1ccccc1)NC(=O)[C@H](CCCN=C(N)N)NC(=O)[C@H](Cc1ccccc1)NC(=O)[C@@H](N)CCCN=C(N)N)C(=O)N[C@@H](Cc1ccccc1)C(=O)O. The summed E-state index contributed by atoms with van der Waals surface area (Å²) in [5.41, 5.74) is 41.0. The highest BCUT2D eigenvalue weighted by Gasteiger charge is 2.33. The molecule has 362 valence electrons. The van der Waals surface area contributed by atoms with Gasteiger partial charge in [-0.2, -0.15) is 0 Å². The topological polar surface area (TPSA) is 402 Å². The molecule has 3 aromatic rings. The van der Waals surface area contributed by atoms with Crippen LogP contribution in [-0.4, -0.2) is 114 Å². The number of hydrogen-bond donors (Lipinski definition) is 13. The minimum absolute atomic E-state index is 0.0157. The first-order valence-corrected chi connectivity index (χ1v) is 21.8. The third-order valence-electron chi connectivity index (χ3n) is 10.2. The minimum Gasteiger partial charge on any atom is -0.480 e. The fraction of sp³-hybridized carbons (Fsp3) is 0.400. The van der Waals surface area contributed by atoms with Gasteiger partial charge in [-0.3, -0.25) is 38.9 Å². The summed E-state index contributed by atoms with van der Waals surface area (Å²) < 4.78 is 0. The summed E-state index contributed by atoms with van der Waals surface area (Å²) in [5.74, 6) is -5.48. The zero-order valence-electron chi connectivity index (χ0n) is 37.4. The molecular formula is C45H65N15O7. The Morgan fingerprint density at radius 1 is 0.418 bits per heavy atom. The number of carboxylic acids is 1. The van der Waals surface area contributed by atoms with Crippen molar-refractivity contribution in [3.05, 3.63) is 108 Å². The molecule has 67 heavy (non-hydrogen) atoms. The van der Waals surface area contributed by atoms with Crippen molar-refractivity contribution in [3.63, 3.8) is 0 Å². The van der Waals surface area contributed by atoms with Crippen LogP contribution >= 0.6 is 0 Å². The maximum absolute atomic E-state index is 14.4. The van der Waals surface area contributed by atoms with Gasteiger partial charge < -0.3 is 71.8 Å². The van der Waals surface area contributed by atoms with E-state index in [0.29, 0.717) is 23.1 Å². The average molecular weight is 928 g/mol. The van der Waals surface area contributed by atoms with Crippen molar-refractivity contribution in [3.8, 4) is 0 Å². The molecule has 20 N–H and O–H groups in total. The number of rotatable bonds is 29. The van der Waals surface area contributed by atoms with E-state index in [4.69, 9.17) is 40.1 Å². The lowest BCUT2D eigenvalue weighted by atomic mass is 10.0. The van der Waals surface area contributed by atoms with E-state index in [9.17, 15) is 33.9 Å². The number of amides is 5. The second kappa shape index (κ2) is 28.9. The van der Waals surface area contributed by atoms with Gasteiger partial charge in [0.2, 0.25) is 29.5 Å². The number of guanidine groups is 3. The van der Waals surface area contributed by atoms with Crippen LogP contribution < -0.4 is 66.7 Å². The van der Waals surface area contributed by atoms with Crippen LogP contribution in [0.4, 0.5) is 0 Å². The lowest BCUT2D eigenvalue weighted by Crippen LogP contribution is -2.60. The number of hydrogen-bond acceptors (Lipinski definition) is 10. The molecule has 0 aliphatic heterocycles. The predicted molar refractivity (Wildman–Crippen MR) is 255 cm³/mol. The van der Waals surface area contributed by atoms with E-state index >= 15 is 0 Å². The van der Waals surface area contributed by atoms with Gasteiger partial charge in [-0.25, -0.2) is 4.79 Å². The second-order valence-corrected chi connectivity index (χ2v) is 15.7. The molecule has 0 saturated heterocycles. The van der Waals surface area contributed by atoms with Gasteiger partial charge in [-0.05, 0) is 55.2 Å². The molecule has 0 aliphatic rings. The third-order valence-corrected chi connectivity index (χ3v) is 10.2. The van der Waals surface area contributed by atoms with E-state index in [1.165, 1.54) is 0 Å². The summed E-state index contributed by atoms with van der Waals surface area (Å²) >= 11 is 0. The molecule has 3 aromatic carbocycles. The number of carbonyl (C=O) groups excluding carboxylic acids is 5. The Bertz CT molecular complexity index is 2130. The normalized spacial score (nSPS) is 13.4. The van der Waals surface area contributed by atoms with Crippen LogP contribution in [0.25, 0.3) is 0 Å². The lowest BCUT2D eigenvalue weighted by molar-refractivity contribution is -0.142. The van der Waals surface area contributed by atoms with Gasteiger partial charge in [0, 0.05) is 38.9 Å². The van der Waals surface area contributed by atoms with Gasteiger partial charge in [0.25, 0.3) is 0 Å². The summed E-state index contributed by atoms with van der Waals surface area (Å²) in [6, 6.07) is 18.8. The van der Waals surface area contributed by atoms with Gasteiger partial charge in [0.1, 0.15) is 30.2 Å². The third kappa shape index (κ3) is 21.2. The Labute approximate surface area is 389 Å². The summed E-state index contributed by atoms with van der Waals surface area (Å²) in [6.07, 6.45) is 0.894. The summed E-state index contributed by atoms with van der Waals surface area (Å²) in [7, 11) is 0. The highest BCUT2D eigenvalue weighted by molar-refractivity contribution is 5.96. The van der Waals surface area contributed by atoms with Gasteiger partial charge in [-0.15, -0.1) is 0 Å². The van der Waals surface area contributed by atoms with Crippen molar-refractivity contribution in [2.75, 3.05) is 19.6 Å². The molecule has 22 nitrogen and oxygen atoms in total. The van der Waals surface area contributed by atoms with Gasteiger partial charge >= 0.3 is 5.97 Å². The Balaban J connectivity index is 1.94. The zero-order valence-corrected chi connectivity index (χ0v) is 37.4. The molecule has 6 atom stereocenters. The van der Waals surface area contributed by atoms with E-state index in [1.54, 1.807) is 91.0 Å². The maximum atomic E-state index is 14.4. The van der Waals surface area contributed by atoms with Crippen molar-refractivity contribution >= 4 is 53.4 Å². The fourth-order valence-corrected chi connectivity index (χ4v) is 6.73. The molecule has 0 radical (unpaired) electrons. The molecule has 0 saturated carbocycles. The molecular weight excluding hydrogens is 863 g/mol. The van der Waals surface area contributed by atoms with Crippen LogP contribution in [0, 0.1) is 0 Å². The number of carbonyl (C=O) groups is 6. The van der Waals surface area contributed by atoms with Crippen LogP contribution in [0.5, 0.6) is 0 Å². The smallest absolute Gasteiger partial charge is 0.326 e. The average Bonchev–Trinajstić information content (AvgIpc) is 3.29. The van der Waals surface area contributed by atoms with Crippen LogP contribution in [0.1, 0.15) is 55.2 Å². The highest BCUT2D eigenvalue weighted by Crippen LogP contribution is 2.11. The number of nitrogens with one attached hydrogen (secondary N) is 5. The molecule has 0 aliphatic carbocycles. The van der Waals surface area contributed by atoms with E-state index in [-0.39, 0.29) is 88.9 Å². The molecule has 3 rings (SSSR count). The standard InChI is InChI=1S/C45H65N15O7/c46-31(19-10-22-53-43(47)48)37(61)58-34(25-28-13-4-1-5-14-28)40(64)56-32(20-11-23-54-44(49)50)38(62)59-35(26-29-15-6-2-7-16-29)41(65)57-33(21-12-24-55-45(51)52)39(63)60-36(42(66)67)27-30-17-8-3-9-18-30/h1-9,13-18,31-36H,10-12,19-27,46H2,(H,56,64)(H,57,65)(H,58,61)(H,59,62)(H,60,63)(H,66,67)(H4,47,48,53)(H4,49,50,54)(H4,51,52,55)/t31-,32-,33-,34-,35-,36-/m0/s1. The van der Waals surface area contributed by atoms with E-state index in [0.717, 1.165) is 0 Å². The number of benzene rings is 3. The Morgan fingerprint density at radius 2 is 0.701 bits per heavy atom. The number of aliphatic imine (C=N–C) groups is 3. The van der Waals surface area contributed by atoms with Crippen molar-refractivity contribution in [2.45, 2.75) is 94.0 Å². The van der Waals surface area contributed by atoms with E-state index < -0.39 is 71.8 Å². The number of nitrogens with zero attached hydrogens (tertiary/aromatic N) is 3. The van der Waals surface area contributed by atoms with E-state index in [2.05, 4.69) is 41.6 Å². The van der Waals surface area contributed by atoms with E-state index in [1.807, 2.05) is 0 Å². The molecule has 0 fully saturated rings. The Hall–Kier alpha value is -7.75. The molecule has 5 amide bonds. The fourth-order valence-electron chi connectivity index (χ4n) is 6.73. The Morgan fingerprint density at radius 3 is 1.04 bits per heavy atom. The molecule has 22 heteroatoms. The number of nitrogens with two attached hydrogens (primary N) is 7. The van der Waals surface area contributed by atoms with Crippen LogP contribution in [0.2, 0.25) is 0 Å². The molecule has 0 unspecified atom stereocenters. The van der Waals surface area contributed by atoms with Gasteiger partial charge in [0.15, 0.2) is 17.9 Å². The molecule has 0 bridgehead atoms. The van der Waals surface area contributed by atoms with Crippen molar-refractivity contribution in [2.24, 2.45) is 55.1 Å². The predicted octanol–water partition coefficient (Wildman–Crippen LogP) is -2.29. The van der Waals surface area contributed by atoms with Crippen molar-refractivity contribution in [1.82, 2.24) is 26.6 Å². The summed E-state index contributed by atoms with van der Waals surface area (Å²) in [6.45, 7) is 0.425. The largest absolute Gasteiger partial charge is 0.480 e. The van der Waals surface area contributed by atoms with Crippen LogP contribution in [-0.2, 0) is 48.0 Å². The first kappa shape index (κ1) is 53.6. The minimum atomic E-state index is -1.35. The number of carboxylic acid groups (broad SMARTS) is 1. The van der Waals surface area contributed by atoms with Gasteiger partial charge in [0.05, 0.1) is 6.04 Å². The second-order valence-electron chi connectivity index (χ2n) is 15.7.